The van der Waals surface area contributed by atoms with Gasteiger partial charge in [-0.15, -0.1) is 0 Å². The fourth-order valence-electron chi connectivity index (χ4n) is 1.98. The van der Waals surface area contributed by atoms with Gasteiger partial charge in [-0.2, -0.15) is 0 Å². The molecule has 0 spiro atoms. The first-order chi connectivity index (χ1) is 10.9. The molecule has 2 N–H and O–H groups in total. The minimum atomic E-state index is -3.98. The number of thiocarbonyl (C=S) groups is 1. The predicted octanol–water partition coefficient (Wildman–Crippen LogP) is 3.59. The van der Waals surface area contributed by atoms with E-state index in [4.69, 9.17) is 21.3 Å². The van der Waals surface area contributed by atoms with Crippen molar-refractivity contribution in [3.63, 3.8) is 0 Å². The first-order valence-corrected chi connectivity index (χ1v) is 9.44. The number of aliphatic hydroxyl groups excluding tert-OH is 1. The number of hydrogen-bond acceptors (Lipinski definition) is 5. The molecule has 0 bridgehead atoms. The van der Waals surface area contributed by atoms with Gasteiger partial charge >= 0.3 is 7.60 Å². The average Bonchev–Trinajstić information content (AvgIpc) is 2.54. The van der Waals surface area contributed by atoms with Gasteiger partial charge in [-0.1, -0.05) is 42.5 Å². The third-order valence-electron chi connectivity index (χ3n) is 3.10. The third-order valence-corrected chi connectivity index (χ3v) is 5.65. The van der Waals surface area contributed by atoms with Gasteiger partial charge in [0.2, 0.25) is 5.91 Å². The summed E-state index contributed by atoms with van der Waals surface area (Å²) >= 11 is 4.97. The maximum Gasteiger partial charge on any atom is 0.371 e. The Kier molecular flexibility index (Phi) is 8.29. The van der Waals surface area contributed by atoms with Crippen LogP contribution in [0.3, 0.4) is 0 Å². The number of nitrogens with one attached hydrogen (secondary N) is 1. The first-order valence-electron chi connectivity index (χ1n) is 7.42. The summed E-state index contributed by atoms with van der Waals surface area (Å²) in [4.78, 5) is -0.308. The predicted molar refractivity (Wildman–Crippen MR) is 92.4 cm³/mol. The Labute approximate surface area is 141 Å². The molecule has 8 heteroatoms. The van der Waals surface area contributed by atoms with E-state index < -0.39 is 25.7 Å². The second-order valence-electron chi connectivity index (χ2n) is 4.86. The molecule has 1 rings (SSSR count). The number of aliphatic hydroxyl groups is 1. The largest absolute Gasteiger partial charge is 0.386 e. The maximum atomic E-state index is 14.4. The van der Waals surface area contributed by atoms with Gasteiger partial charge in [-0.05, 0) is 26.3 Å². The zero-order valence-corrected chi connectivity index (χ0v) is 15.1. The lowest BCUT2D eigenvalue weighted by molar-refractivity contribution is 0.144. The van der Waals surface area contributed by atoms with E-state index in [-0.39, 0.29) is 18.2 Å². The number of benzene rings is 1. The lowest BCUT2D eigenvalue weighted by atomic mass is 10.0. The highest BCUT2D eigenvalue weighted by Gasteiger charge is 2.40. The smallest absolute Gasteiger partial charge is 0.371 e. The van der Waals surface area contributed by atoms with Crippen LogP contribution in [0.2, 0.25) is 0 Å². The summed E-state index contributed by atoms with van der Waals surface area (Å²) in [6.45, 7) is 4.93. The van der Waals surface area contributed by atoms with Crippen molar-refractivity contribution in [2.75, 3.05) is 13.2 Å². The Balaban J connectivity index is 2.75. The molecule has 1 aromatic carbocycles. The Morgan fingerprint density at radius 2 is 1.83 bits per heavy atom. The summed E-state index contributed by atoms with van der Waals surface area (Å²) in [6.07, 6.45) is -0.889. The van der Waals surface area contributed by atoms with E-state index in [0.29, 0.717) is 5.56 Å². The normalized spacial score (nSPS) is 15.7. The molecule has 0 heterocycles. The van der Waals surface area contributed by atoms with Crippen molar-refractivity contribution in [2.24, 2.45) is 0 Å². The van der Waals surface area contributed by atoms with Crippen molar-refractivity contribution in [3.8, 4) is 0 Å². The fourth-order valence-corrected chi connectivity index (χ4v) is 3.97. The highest BCUT2D eigenvalue weighted by molar-refractivity contribution is 7.81. The van der Waals surface area contributed by atoms with Crippen molar-refractivity contribution >= 4 is 24.8 Å². The van der Waals surface area contributed by atoms with Gasteiger partial charge in [0.25, 0.3) is 0 Å². The Hall–Kier alpha value is -0.850. The summed E-state index contributed by atoms with van der Waals surface area (Å²) in [5, 5.41) is 12.9. The second-order valence-corrected chi connectivity index (χ2v) is 7.35. The molecule has 0 aliphatic carbocycles. The van der Waals surface area contributed by atoms with E-state index >= 15 is 0 Å². The SMILES string of the molecule is CCOP(=O)(OCC)C(F)C(=S)NC(C)C(O)c1ccccc1. The molecule has 0 saturated heterocycles. The fraction of sp³-hybridized carbons (Fsp3) is 0.533. The molecule has 3 atom stereocenters. The van der Waals surface area contributed by atoms with Crippen LogP contribution in [0.4, 0.5) is 4.39 Å². The summed E-state index contributed by atoms with van der Waals surface area (Å²) < 4.78 is 36.7. The third kappa shape index (κ3) is 5.62. The highest BCUT2D eigenvalue weighted by atomic mass is 32.1. The minimum Gasteiger partial charge on any atom is -0.386 e. The van der Waals surface area contributed by atoms with Crippen LogP contribution in [-0.2, 0) is 13.6 Å². The van der Waals surface area contributed by atoms with Gasteiger partial charge < -0.3 is 19.5 Å². The molecule has 0 aliphatic rings. The summed E-state index contributed by atoms with van der Waals surface area (Å²) in [6, 6.07) is 8.35. The van der Waals surface area contributed by atoms with Crippen LogP contribution in [0.1, 0.15) is 32.4 Å². The number of alkyl halides is 1. The van der Waals surface area contributed by atoms with Gasteiger partial charge in [-0.25, -0.2) is 4.39 Å². The maximum absolute atomic E-state index is 14.4. The van der Waals surface area contributed by atoms with Crippen molar-refractivity contribution in [3.05, 3.63) is 35.9 Å². The monoisotopic (exact) mass is 363 g/mol. The molecule has 1 aromatic rings. The molecule has 0 amide bonds. The van der Waals surface area contributed by atoms with E-state index in [2.05, 4.69) is 5.32 Å². The minimum absolute atomic E-state index is 0.0442. The van der Waals surface area contributed by atoms with Gasteiger partial charge in [0.05, 0.1) is 25.4 Å². The lowest BCUT2D eigenvalue weighted by Crippen LogP contribution is -2.40. The summed E-state index contributed by atoms with van der Waals surface area (Å²) in [5.41, 5.74) is 0.670. The van der Waals surface area contributed by atoms with E-state index in [1.807, 2.05) is 6.07 Å². The van der Waals surface area contributed by atoms with Crippen LogP contribution in [0.5, 0.6) is 0 Å². The molecular formula is C15H23FNO4PS. The van der Waals surface area contributed by atoms with Crippen LogP contribution >= 0.6 is 19.8 Å². The molecule has 0 fully saturated rings. The van der Waals surface area contributed by atoms with E-state index in [1.165, 1.54) is 0 Å². The van der Waals surface area contributed by atoms with E-state index in [0.717, 1.165) is 0 Å². The Morgan fingerprint density at radius 3 is 2.30 bits per heavy atom. The van der Waals surface area contributed by atoms with Gasteiger partial charge in [-0.3, -0.25) is 4.57 Å². The standard InChI is InChI=1S/C15H23FNO4PS/c1-4-20-22(19,21-5-2)14(16)15(23)17-11(3)13(18)12-9-7-6-8-10-12/h6-11,13-14,18H,4-5H2,1-3H3,(H,17,23). The Morgan fingerprint density at radius 1 is 1.30 bits per heavy atom. The van der Waals surface area contributed by atoms with Crippen LogP contribution in [0.15, 0.2) is 30.3 Å². The van der Waals surface area contributed by atoms with E-state index in [1.54, 1.807) is 45.0 Å². The number of halogens is 1. The Bertz CT molecular complexity index is 536. The number of rotatable bonds is 9. The highest BCUT2D eigenvalue weighted by Crippen LogP contribution is 2.54. The van der Waals surface area contributed by atoms with Crippen LogP contribution in [0.25, 0.3) is 0 Å². The molecule has 130 valence electrons. The molecule has 0 saturated carbocycles. The van der Waals surface area contributed by atoms with Crippen molar-refractivity contribution < 1.29 is 23.1 Å². The zero-order chi connectivity index (χ0) is 17.5. The molecule has 5 nitrogen and oxygen atoms in total. The van der Waals surface area contributed by atoms with Gasteiger partial charge in [0.15, 0.2) is 0 Å². The van der Waals surface area contributed by atoms with Crippen molar-refractivity contribution in [1.82, 2.24) is 5.32 Å². The molecule has 0 aromatic heterocycles. The van der Waals surface area contributed by atoms with E-state index in [9.17, 15) is 14.1 Å². The topological polar surface area (TPSA) is 67.8 Å². The molecular weight excluding hydrogens is 340 g/mol. The van der Waals surface area contributed by atoms with Crippen molar-refractivity contribution in [1.29, 1.82) is 0 Å². The second kappa shape index (κ2) is 9.45. The lowest BCUT2D eigenvalue weighted by Gasteiger charge is -2.26. The molecule has 3 unspecified atom stereocenters. The average molecular weight is 363 g/mol. The van der Waals surface area contributed by atoms with Crippen LogP contribution in [-0.4, -0.2) is 35.3 Å². The number of hydrogen-bond donors (Lipinski definition) is 2. The van der Waals surface area contributed by atoms with Crippen molar-refractivity contribution in [2.45, 2.75) is 38.8 Å². The summed E-state index contributed by atoms with van der Waals surface area (Å²) in [7, 11) is -3.98. The van der Waals surface area contributed by atoms with Crippen LogP contribution in [0, 0.1) is 0 Å². The zero-order valence-electron chi connectivity index (χ0n) is 13.4. The van der Waals surface area contributed by atoms with Gasteiger partial charge in [0.1, 0.15) is 4.99 Å². The molecule has 23 heavy (non-hydrogen) atoms. The summed E-state index contributed by atoms with van der Waals surface area (Å²) in [5.74, 6) is -2.08. The molecule has 0 radical (unpaired) electrons. The quantitative estimate of drug-likeness (QED) is 0.516. The van der Waals surface area contributed by atoms with Crippen LogP contribution < -0.4 is 5.32 Å². The van der Waals surface area contributed by atoms with Gasteiger partial charge in [0, 0.05) is 0 Å². The molecule has 0 aliphatic heterocycles. The first kappa shape index (κ1) is 20.2.